The van der Waals surface area contributed by atoms with E-state index in [9.17, 15) is 9.59 Å². The quantitative estimate of drug-likeness (QED) is 0.261. The van der Waals surface area contributed by atoms with Gasteiger partial charge in [0, 0.05) is 0 Å². The molecule has 0 unspecified atom stereocenters. The Morgan fingerprint density at radius 1 is 0.731 bits per heavy atom. The second kappa shape index (κ2) is 10.1. The zero-order valence-corrected chi connectivity index (χ0v) is 17.0. The number of carbonyl (C=O) groups is 2. The first-order valence-corrected chi connectivity index (χ1v) is 10.5. The normalized spacial score (nSPS) is 18.5. The summed E-state index contributed by atoms with van der Waals surface area (Å²) in [5.74, 6) is 0.224. The number of carbonyl (C=O) groups excluding carboxylic acids is 2. The molecule has 0 aromatic rings. The zero-order chi connectivity index (χ0) is 19.1. The Balaban J connectivity index is 2.35. The third-order valence-corrected chi connectivity index (χ3v) is 5.38. The van der Waals surface area contributed by atoms with Crippen LogP contribution >= 0.6 is 0 Å². The molecule has 0 bridgehead atoms. The molecule has 4 heteroatoms. The standard InChI is InChI=1S/C22H36O4/c1-15(2)13-25-21(23)20(22(24)26-14-16(3)4)19(17-9-5-6-10-17)18-11-7-8-12-18/h15-18H,5-14H2,1-4H3. The Bertz CT molecular complexity index is 462. The van der Waals surface area contributed by atoms with Gasteiger partial charge in [-0.3, -0.25) is 0 Å². The molecule has 0 aliphatic heterocycles. The highest BCUT2D eigenvalue weighted by Gasteiger charge is 2.36. The maximum absolute atomic E-state index is 12.9. The highest BCUT2D eigenvalue weighted by Crippen LogP contribution is 2.43. The van der Waals surface area contributed by atoms with E-state index >= 15 is 0 Å². The molecule has 0 heterocycles. The lowest BCUT2D eigenvalue weighted by Crippen LogP contribution is -2.26. The van der Waals surface area contributed by atoms with Crippen LogP contribution in [0.2, 0.25) is 0 Å². The molecule has 0 radical (unpaired) electrons. The van der Waals surface area contributed by atoms with Crippen LogP contribution in [0, 0.1) is 23.7 Å². The number of rotatable bonds is 8. The van der Waals surface area contributed by atoms with Crippen LogP contribution in [0.3, 0.4) is 0 Å². The van der Waals surface area contributed by atoms with Gasteiger partial charge in [-0.25, -0.2) is 9.59 Å². The average molecular weight is 365 g/mol. The van der Waals surface area contributed by atoms with Crippen LogP contribution in [0.4, 0.5) is 0 Å². The Morgan fingerprint density at radius 2 is 1.08 bits per heavy atom. The third-order valence-electron chi connectivity index (χ3n) is 5.38. The number of esters is 2. The fourth-order valence-electron chi connectivity index (χ4n) is 4.16. The Kier molecular flexibility index (Phi) is 8.17. The first-order chi connectivity index (χ1) is 12.4. The van der Waals surface area contributed by atoms with Crippen molar-refractivity contribution in [1.82, 2.24) is 0 Å². The maximum Gasteiger partial charge on any atom is 0.345 e. The summed E-state index contributed by atoms with van der Waals surface area (Å²) in [6.07, 6.45) is 9.00. The van der Waals surface area contributed by atoms with Crippen molar-refractivity contribution in [3.63, 3.8) is 0 Å². The summed E-state index contributed by atoms with van der Waals surface area (Å²) in [5, 5.41) is 0. The Labute approximate surface area is 158 Å². The largest absolute Gasteiger partial charge is 0.462 e. The van der Waals surface area contributed by atoms with Crippen LogP contribution in [0.5, 0.6) is 0 Å². The van der Waals surface area contributed by atoms with Gasteiger partial charge < -0.3 is 9.47 Å². The van der Waals surface area contributed by atoms with Crippen LogP contribution in [0.15, 0.2) is 11.1 Å². The van der Waals surface area contributed by atoms with E-state index in [0.717, 1.165) is 31.3 Å². The summed E-state index contributed by atoms with van der Waals surface area (Å²) >= 11 is 0. The number of allylic oxidation sites excluding steroid dienone is 1. The zero-order valence-electron chi connectivity index (χ0n) is 17.0. The van der Waals surface area contributed by atoms with E-state index in [4.69, 9.17) is 9.47 Å². The monoisotopic (exact) mass is 364 g/mol. The fourth-order valence-corrected chi connectivity index (χ4v) is 4.16. The van der Waals surface area contributed by atoms with Gasteiger partial charge in [0.25, 0.3) is 0 Å². The Hall–Kier alpha value is -1.32. The molecule has 0 saturated heterocycles. The summed E-state index contributed by atoms with van der Waals surface area (Å²) in [7, 11) is 0. The van der Waals surface area contributed by atoms with Gasteiger partial charge in [-0.1, -0.05) is 53.4 Å². The van der Waals surface area contributed by atoms with E-state index in [1.807, 2.05) is 27.7 Å². The van der Waals surface area contributed by atoms with Crippen LogP contribution in [0.25, 0.3) is 0 Å². The van der Waals surface area contributed by atoms with Gasteiger partial charge in [0.05, 0.1) is 13.2 Å². The summed E-state index contributed by atoms with van der Waals surface area (Å²) in [5.41, 5.74) is 1.28. The summed E-state index contributed by atoms with van der Waals surface area (Å²) in [6.45, 7) is 8.68. The van der Waals surface area contributed by atoms with Crippen molar-refractivity contribution < 1.29 is 19.1 Å². The van der Waals surface area contributed by atoms with E-state index in [1.54, 1.807) is 0 Å². The van der Waals surface area contributed by atoms with Crippen LogP contribution < -0.4 is 0 Å². The van der Waals surface area contributed by atoms with Crippen molar-refractivity contribution in [2.45, 2.75) is 79.1 Å². The van der Waals surface area contributed by atoms with Crippen LogP contribution in [-0.4, -0.2) is 25.2 Å². The van der Waals surface area contributed by atoms with Gasteiger partial charge in [-0.2, -0.15) is 0 Å². The van der Waals surface area contributed by atoms with E-state index in [-0.39, 0.29) is 17.4 Å². The van der Waals surface area contributed by atoms with Crippen LogP contribution in [0.1, 0.15) is 79.1 Å². The van der Waals surface area contributed by atoms with E-state index in [2.05, 4.69) is 0 Å². The molecule has 0 amide bonds. The van der Waals surface area contributed by atoms with Gasteiger partial charge in [-0.05, 0) is 54.9 Å². The highest BCUT2D eigenvalue weighted by molar-refractivity contribution is 6.15. The molecule has 2 rings (SSSR count). The van der Waals surface area contributed by atoms with Crippen molar-refractivity contribution in [1.29, 1.82) is 0 Å². The molecule has 0 aromatic heterocycles. The first-order valence-electron chi connectivity index (χ1n) is 10.5. The first kappa shape index (κ1) is 21.0. The van der Waals surface area contributed by atoms with Gasteiger partial charge >= 0.3 is 11.9 Å². The van der Waals surface area contributed by atoms with Crippen molar-refractivity contribution >= 4 is 11.9 Å². The van der Waals surface area contributed by atoms with Gasteiger partial charge in [0.2, 0.25) is 0 Å². The molecule has 0 N–H and O–H groups in total. The summed E-state index contributed by atoms with van der Waals surface area (Å²) in [4.78, 5) is 25.8. The van der Waals surface area contributed by atoms with Gasteiger partial charge in [0.1, 0.15) is 5.57 Å². The lowest BCUT2D eigenvalue weighted by molar-refractivity contribution is -0.148. The van der Waals surface area contributed by atoms with E-state index in [0.29, 0.717) is 25.0 Å². The number of hydrogen-bond acceptors (Lipinski definition) is 4. The topological polar surface area (TPSA) is 52.6 Å². The lowest BCUT2D eigenvalue weighted by Gasteiger charge is -2.24. The molecule has 0 spiro atoms. The van der Waals surface area contributed by atoms with Gasteiger partial charge in [0.15, 0.2) is 0 Å². The molecule has 2 fully saturated rings. The van der Waals surface area contributed by atoms with Crippen molar-refractivity contribution in [2.24, 2.45) is 23.7 Å². The summed E-state index contributed by atoms with van der Waals surface area (Å²) < 4.78 is 11.0. The van der Waals surface area contributed by atoms with Crippen molar-refractivity contribution in [3.05, 3.63) is 11.1 Å². The predicted molar refractivity (Wildman–Crippen MR) is 103 cm³/mol. The van der Waals surface area contributed by atoms with Gasteiger partial charge in [-0.15, -0.1) is 0 Å². The number of hydrogen-bond donors (Lipinski definition) is 0. The molecular formula is C22H36O4. The predicted octanol–water partition coefficient (Wildman–Crippen LogP) is 5.06. The second-order valence-corrected chi connectivity index (χ2v) is 8.78. The van der Waals surface area contributed by atoms with Crippen molar-refractivity contribution in [2.75, 3.05) is 13.2 Å². The van der Waals surface area contributed by atoms with E-state index < -0.39 is 11.9 Å². The molecule has 0 atom stereocenters. The fraction of sp³-hybridized carbons (Fsp3) is 0.818. The molecule has 0 aromatic carbocycles. The number of ether oxygens (including phenoxy) is 2. The molecule has 4 nitrogen and oxygen atoms in total. The lowest BCUT2D eigenvalue weighted by atomic mass is 9.82. The molecular weight excluding hydrogens is 328 g/mol. The molecule has 2 saturated carbocycles. The molecule has 26 heavy (non-hydrogen) atoms. The van der Waals surface area contributed by atoms with Crippen molar-refractivity contribution in [3.8, 4) is 0 Å². The van der Waals surface area contributed by atoms with Crippen LogP contribution in [-0.2, 0) is 19.1 Å². The SMILES string of the molecule is CC(C)COC(=O)C(C(=O)OCC(C)C)=C(C1CCCC1)C1CCCC1. The maximum atomic E-state index is 12.9. The molecule has 2 aliphatic rings. The molecule has 148 valence electrons. The smallest absolute Gasteiger partial charge is 0.345 e. The highest BCUT2D eigenvalue weighted by atomic mass is 16.6. The molecule has 2 aliphatic carbocycles. The minimum Gasteiger partial charge on any atom is -0.462 e. The third kappa shape index (κ3) is 5.85. The Morgan fingerprint density at radius 3 is 1.38 bits per heavy atom. The van der Waals surface area contributed by atoms with E-state index in [1.165, 1.54) is 25.7 Å². The average Bonchev–Trinajstić information content (AvgIpc) is 3.28. The second-order valence-electron chi connectivity index (χ2n) is 8.78. The minimum atomic E-state index is -0.471. The summed E-state index contributed by atoms with van der Waals surface area (Å²) in [6, 6.07) is 0. The minimum absolute atomic E-state index is 0.227.